The molecule has 0 unspecified atom stereocenters. The van der Waals surface area contributed by atoms with Crippen LogP contribution in [0.2, 0.25) is 5.02 Å². The summed E-state index contributed by atoms with van der Waals surface area (Å²) in [4.78, 5) is 12.3. The number of furan rings is 1. The van der Waals surface area contributed by atoms with Crippen molar-refractivity contribution in [3.63, 3.8) is 0 Å². The first-order valence-corrected chi connectivity index (χ1v) is 14.6. The van der Waals surface area contributed by atoms with Gasteiger partial charge in [-0.3, -0.25) is 4.31 Å². The van der Waals surface area contributed by atoms with E-state index in [0.717, 1.165) is 21.9 Å². The zero-order chi connectivity index (χ0) is 29.0. The maximum absolute atomic E-state index is 12.6. The van der Waals surface area contributed by atoms with Crippen molar-refractivity contribution in [3.8, 4) is 22.8 Å². The lowest BCUT2D eigenvalue weighted by molar-refractivity contribution is 0.203. The molecular formula is C28H30ClN3O7S. The number of hydrogen-bond donors (Lipinski definition) is 3. The van der Waals surface area contributed by atoms with Crippen molar-refractivity contribution in [1.29, 1.82) is 0 Å². The summed E-state index contributed by atoms with van der Waals surface area (Å²) >= 11 is 5.97. The molecule has 3 aromatic carbocycles. The average molecular weight is 588 g/mol. The summed E-state index contributed by atoms with van der Waals surface area (Å²) in [6, 6.07) is 17.6. The first kappa shape index (κ1) is 29.1. The number of nitrogens with one attached hydrogen (secondary N) is 2. The van der Waals surface area contributed by atoms with Crippen LogP contribution >= 0.6 is 11.6 Å². The molecule has 40 heavy (non-hydrogen) atoms. The van der Waals surface area contributed by atoms with Crippen LogP contribution in [0.15, 0.2) is 65.1 Å². The Hall–Kier alpha value is -3.93. The molecule has 0 aliphatic carbocycles. The van der Waals surface area contributed by atoms with Crippen molar-refractivity contribution in [3.05, 3.63) is 65.7 Å². The number of anilines is 3. The van der Waals surface area contributed by atoms with Gasteiger partial charge in [-0.05, 0) is 68.4 Å². The van der Waals surface area contributed by atoms with Crippen LogP contribution in [-0.2, 0) is 10.0 Å². The van der Waals surface area contributed by atoms with E-state index in [0.29, 0.717) is 16.0 Å². The minimum absolute atomic E-state index is 0.140. The summed E-state index contributed by atoms with van der Waals surface area (Å²) in [6.45, 7) is 3.01. The summed E-state index contributed by atoms with van der Waals surface area (Å²) in [5, 5.41) is 16.3. The number of ether oxygens (including phenoxy) is 2. The molecule has 0 aliphatic rings. The van der Waals surface area contributed by atoms with E-state index in [4.69, 9.17) is 25.5 Å². The van der Waals surface area contributed by atoms with Crippen LogP contribution in [0.25, 0.3) is 22.3 Å². The van der Waals surface area contributed by atoms with Gasteiger partial charge in [0.2, 0.25) is 10.0 Å². The lowest BCUT2D eigenvalue weighted by atomic mass is 10.1. The number of carbonyl (C=O) groups is 1. The highest BCUT2D eigenvalue weighted by atomic mass is 35.5. The van der Waals surface area contributed by atoms with E-state index in [-0.39, 0.29) is 41.2 Å². The molecule has 1 heterocycles. The minimum atomic E-state index is -3.78. The lowest BCUT2D eigenvalue weighted by Crippen LogP contribution is -2.33. The molecule has 1 aromatic heterocycles. The normalized spacial score (nSPS) is 11.5. The monoisotopic (exact) mass is 587 g/mol. The zero-order valence-corrected chi connectivity index (χ0v) is 24.0. The highest BCUT2D eigenvalue weighted by Gasteiger charge is 2.27. The highest BCUT2D eigenvalue weighted by molar-refractivity contribution is 7.92. The van der Waals surface area contributed by atoms with Crippen molar-refractivity contribution in [2.24, 2.45) is 0 Å². The smallest absolute Gasteiger partial charge is 0.412 e. The zero-order valence-electron chi connectivity index (χ0n) is 22.4. The Morgan fingerprint density at radius 1 is 1.07 bits per heavy atom. The number of hydrogen-bond acceptors (Lipinski definition) is 8. The Bertz CT molecular complexity index is 1600. The van der Waals surface area contributed by atoms with Crippen molar-refractivity contribution >= 4 is 55.7 Å². The van der Waals surface area contributed by atoms with E-state index in [9.17, 15) is 18.3 Å². The Kier molecular flexibility index (Phi) is 8.77. The van der Waals surface area contributed by atoms with E-state index in [1.54, 1.807) is 44.2 Å². The highest BCUT2D eigenvalue weighted by Crippen LogP contribution is 2.45. The molecule has 0 fully saturated rings. The van der Waals surface area contributed by atoms with Gasteiger partial charge in [0.15, 0.2) is 11.5 Å². The number of sulfonamides is 1. The number of halogens is 1. The van der Waals surface area contributed by atoms with Crippen molar-refractivity contribution < 1.29 is 32.2 Å². The third-order valence-electron chi connectivity index (χ3n) is 5.74. The van der Waals surface area contributed by atoms with Crippen LogP contribution in [-0.4, -0.2) is 52.2 Å². The lowest BCUT2D eigenvalue weighted by Gasteiger charge is -2.24. The second-order valence-corrected chi connectivity index (χ2v) is 11.5. The van der Waals surface area contributed by atoms with E-state index < -0.39 is 22.7 Å². The van der Waals surface area contributed by atoms with E-state index >= 15 is 0 Å². The van der Waals surface area contributed by atoms with Crippen LogP contribution in [0.5, 0.6) is 11.5 Å². The second kappa shape index (κ2) is 12.1. The molecular weight excluding hydrogens is 558 g/mol. The van der Waals surface area contributed by atoms with Gasteiger partial charge in [0.1, 0.15) is 11.3 Å². The fraction of sp³-hybridized carbons (Fsp3) is 0.250. The fourth-order valence-electron chi connectivity index (χ4n) is 4.03. The van der Waals surface area contributed by atoms with E-state index in [1.807, 2.05) is 24.3 Å². The molecule has 0 atom stereocenters. The summed E-state index contributed by atoms with van der Waals surface area (Å²) in [5.74, 6) is 0.622. The Morgan fingerprint density at radius 2 is 1.70 bits per heavy atom. The molecule has 0 saturated carbocycles. The first-order chi connectivity index (χ1) is 19.0. The second-order valence-electron chi connectivity index (χ2n) is 9.15. The average Bonchev–Trinajstić information content (AvgIpc) is 3.24. The quantitative estimate of drug-likeness (QED) is 0.213. The molecule has 212 valence electrons. The number of amides is 1. The molecule has 4 aromatic rings. The summed E-state index contributed by atoms with van der Waals surface area (Å²) in [5.41, 5.74) is 2.72. The van der Waals surface area contributed by atoms with Gasteiger partial charge < -0.3 is 29.6 Å². The summed E-state index contributed by atoms with van der Waals surface area (Å²) < 4.78 is 44.0. The molecule has 0 aliphatic heterocycles. The number of nitrogens with zero attached hydrogens (tertiary/aromatic N) is 1. The van der Waals surface area contributed by atoms with Crippen LogP contribution < -0.4 is 24.4 Å². The summed E-state index contributed by atoms with van der Waals surface area (Å²) in [7, 11) is -2.34. The Morgan fingerprint density at radius 3 is 2.25 bits per heavy atom. The molecule has 0 saturated heterocycles. The molecule has 0 spiro atoms. The SMILES string of the molecule is CNC(=O)Oc1c(-c2ccc(Nc3ccc(Cl)cc3)cc2)oc2cc(N(CCO)S(C)(=O)=O)c(OC(C)C)cc12. The van der Waals surface area contributed by atoms with Crippen LogP contribution in [0, 0.1) is 0 Å². The maximum atomic E-state index is 12.6. The molecule has 0 bridgehead atoms. The summed E-state index contributed by atoms with van der Waals surface area (Å²) in [6.07, 6.45) is 0.0276. The van der Waals surface area contributed by atoms with Gasteiger partial charge in [0, 0.05) is 35.1 Å². The van der Waals surface area contributed by atoms with Crippen LogP contribution in [0.4, 0.5) is 21.9 Å². The standard InChI is InChI=1S/C28H30ClN3O7S/c1-17(2)37-25-15-22-24(16-23(25)32(13-14-33)40(4,35)36)38-26(27(22)39-28(34)30-3)18-5-9-20(10-6-18)31-21-11-7-19(29)8-12-21/h5-12,15-17,31,33H,13-14H2,1-4H3,(H,30,34). The predicted molar refractivity (Wildman–Crippen MR) is 157 cm³/mol. The van der Waals surface area contributed by atoms with Crippen LogP contribution in [0.3, 0.4) is 0 Å². The number of benzene rings is 3. The fourth-order valence-corrected chi connectivity index (χ4v) is 5.07. The van der Waals surface area contributed by atoms with E-state index in [2.05, 4.69) is 10.6 Å². The van der Waals surface area contributed by atoms with E-state index in [1.165, 1.54) is 13.1 Å². The van der Waals surface area contributed by atoms with Crippen molar-refractivity contribution in [2.45, 2.75) is 20.0 Å². The predicted octanol–water partition coefficient (Wildman–Crippen LogP) is 5.76. The van der Waals surface area contributed by atoms with Gasteiger partial charge >= 0.3 is 6.09 Å². The van der Waals surface area contributed by atoms with Gasteiger partial charge in [-0.15, -0.1) is 0 Å². The van der Waals surface area contributed by atoms with Gasteiger partial charge in [-0.1, -0.05) is 11.6 Å². The number of aliphatic hydroxyl groups excluding tert-OH is 1. The van der Waals surface area contributed by atoms with Gasteiger partial charge in [-0.2, -0.15) is 0 Å². The molecule has 12 heteroatoms. The van der Waals surface area contributed by atoms with Crippen molar-refractivity contribution in [1.82, 2.24) is 5.32 Å². The Labute approximate surface area is 237 Å². The number of rotatable bonds is 10. The number of aliphatic hydroxyl groups is 1. The third kappa shape index (κ3) is 6.61. The third-order valence-corrected chi connectivity index (χ3v) is 7.17. The molecule has 10 nitrogen and oxygen atoms in total. The van der Waals surface area contributed by atoms with Gasteiger partial charge in [-0.25, -0.2) is 13.2 Å². The minimum Gasteiger partial charge on any atom is -0.489 e. The number of fused-ring (bicyclic) bond motifs is 1. The molecule has 1 amide bonds. The number of carbonyl (C=O) groups excluding carboxylic acids is 1. The topological polar surface area (TPSA) is 130 Å². The molecule has 4 rings (SSSR count). The largest absolute Gasteiger partial charge is 0.489 e. The van der Waals surface area contributed by atoms with Gasteiger partial charge in [0.25, 0.3) is 0 Å². The van der Waals surface area contributed by atoms with Crippen LogP contribution in [0.1, 0.15) is 13.8 Å². The molecule has 3 N–H and O–H groups in total. The molecule has 0 radical (unpaired) electrons. The van der Waals surface area contributed by atoms with Crippen molar-refractivity contribution in [2.75, 3.05) is 36.1 Å². The Balaban J connectivity index is 1.84. The maximum Gasteiger partial charge on any atom is 0.412 e. The first-order valence-electron chi connectivity index (χ1n) is 12.4. The van der Waals surface area contributed by atoms with Gasteiger partial charge in [0.05, 0.1) is 36.6 Å².